The van der Waals surface area contributed by atoms with E-state index in [-0.39, 0.29) is 12.3 Å². The number of aromatic nitrogens is 2. The van der Waals surface area contributed by atoms with Crippen LogP contribution < -0.4 is 10.2 Å². The van der Waals surface area contributed by atoms with Gasteiger partial charge in [0.1, 0.15) is 0 Å². The molecule has 1 heterocycles. The average Bonchev–Trinajstić information content (AvgIpc) is 3.10. The van der Waals surface area contributed by atoms with Crippen molar-refractivity contribution in [2.75, 3.05) is 24.3 Å². The zero-order valence-corrected chi connectivity index (χ0v) is 14.3. The van der Waals surface area contributed by atoms with Crippen LogP contribution in [0.3, 0.4) is 0 Å². The van der Waals surface area contributed by atoms with E-state index < -0.39 is 0 Å². The minimum Gasteiger partial charge on any atom is -0.378 e. The SMILES string of the molecule is CN(C)c1ccc(NC(=O)CCc2nc(-c3ccccc3)no2)cc1. The number of carbonyl (C=O) groups is 1. The first kappa shape index (κ1) is 16.7. The predicted octanol–water partition coefficient (Wildman–Crippen LogP) is 3.37. The standard InChI is InChI=1S/C19H20N4O2/c1-23(2)16-10-8-15(9-11-16)20-17(24)12-13-18-21-19(22-25-18)14-6-4-3-5-7-14/h3-11H,12-13H2,1-2H3,(H,20,24). The number of anilines is 2. The largest absolute Gasteiger partial charge is 0.378 e. The maximum atomic E-state index is 12.1. The molecule has 0 atom stereocenters. The molecule has 3 rings (SSSR count). The van der Waals surface area contributed by atoms with Gasteiger partial charge in [-0.25, -0.2) is 0 Å². The molecule has 1 amide bonds. The Morgan fingerprint density at radius 1 is 1.08 bits per heavy atom. The zero-order chi connectivity index (χ0) is 17.6. The molecule has 0 bridgehead atoms. The van der Waals surface area contributed by atoms with Crippen LogP contribution in [0.25, 0.3) is 11.4 Å². The molecule has 128 valence electrons. The lowest BCUT2D eigenvalue weighted by Gasteiger charge is -2.12. The van der Waals surface area contributed by atoms with Crippen molar-refractivity contribution in [3.05, 3.63) is 60.5 Å². The van der Waals surface area contributed by atoms with Crippen LogP contribution in [0.2, 0.25) is 0 Å². The lowest BCUT2D eigenvalue weighted by atomic mass is 10.2. The topological polar surface area (TPSA) is 71.3 Å². The summed E-state index contributed by atoms with van der Waals surface area (Å²) in [5.74, 6) is 0.907. The predicted molar refractivity (Wildman–Crippen MR) is 97.5 cm³/mol. The lowest BCUT2D eigenvalue weighted by Crippen LogP contribution is -2.13. The van der Waals surface area contributed by atoms with Gasteiger partial charge in [0.2, 0.25) is 17.6 Å². The molecule has 0 aliphatic heterocycles. The summed E-state index contributed by atoms with van der Waals surface area (Å²) in [6.07, 6.45) is 0.688. The molecule has 6 nitrogen and oxygen atoms in total. The van der Waals surface area contributed by atoms with Crippen LogP contribution in [0.5, 0.6) is 0 Å². The van der Waals surface area contributed by atoms with Crippen molar-refractivity contribution in [2.24, 2.45) is 0 Å². The highest BCUT2D eigenvalue weighted by Crippen LogP contribution is 2.17. The smallest absolute Gasteiger partial charge is 0.227 e. The third-order valence-electron chi connectivity index (χ3n) is 3.73. The third kappa shape index (κ3) is 4.44. The highest BCUT2D eigenvalue weighted by atomic mass is 16.5. The van der Waals surface area contributed by atoms with E-state index in [0.717, 1.165) is 16.9 Å². The van der Waals surface area contributed by atoms with Gasteiger partial charge in [-0.15, -0.1) is 0 Å². The molecule has 2 aromatic carbocycles. The number of hydrogen-bond acceptors (Lipinski definition) is 5. The van der Waals surface area contributed by atoms with Gasteiger partial charge in [-0.05, 0) is 24.3 Å². The number of carbonyl (C=O) groups excluding carboxylic acids is 1. The second-order valence-electron chi connectivity index (χ2n) is 5.87. The summed E-state index contributed by atoms with van der Waals surface area (Å²) < 4.78 is 5.22. The van der Waals surface area contributed by atoms with Gasteiger partial charge in [0.05, 0.1) is 0 Å². The molecule has 0 spiro atoms. The van der Waals surface area contributed by atoms with Crippen molar-refractivity contribution < 1.29 is 9.32 Å². The molecule has 0 aliphatic carbocycles. The Morgan fingerprint density at radius 3 is 2.48 bits per heavy atom. The number of hydrogen-bond donors (Lipinski definition) is 1. The summed E-state index contributed by atoms with van der Waals surface area (Å²) in [7, 11) is 3.95. The number of rotatable bonds is 6. The molecular formula is C19H20N4O2. The first-order valence-corrected chi connectivity index (χ1v) is 8.07. The Labute approximate surface area is 146 Å². The van der Waals surface area contributed by atoms with E-state index >= 15 is 0 Å². The summed E-state index contributed by atoms with van der Waals surface area (Å²) in [6, 6.07) is 17.3. The fourth-order valence-corrected chi connectivity index (χ4v) is 2.35. The number of amides is 1. The maximum Gasteiger partial charge on any atom is 0.227 e. The van der Waals surface area contributed by atoms with Crippen LogP contribution in [0.1, 0.15) is 12.3 Å². The highest BCUT2D eigenvalue weighted by molar-refractivity contribution is 5.90. The van der Waals surface area contributed by atoms with Crippen molar-refractivity contribution in [3.63, 3.8) is 0 Å². The van der Waals surface area contributed by atoms with E-state index in [1.807, 2.05) is 73.6 Å². The monoisotopic (exact) mass is 336 g/mol. The summed E-state index contributed by atoms with van der Waals surface area (Å²) in [5, 5.41) is 6.82. The Hall–Kier alpha value is -3.15. The van der Waals surface area contributed by atoms with Gasteiger partial charge in [0.25, 0.3) is 0 Å². The molecule has 0 saturated heterocycles. The van der Waals surface area contributed by atoms with Crippen LogP contribution >= 0.6 is 0 Å². The van der Waals surface area contributed by atoms with Crippen LogP contribution in [-0.4, -0.2) is 30.1 Å². The quantitative estimate of drug-likeness (QED) is 0.747. The minimum atomic E-state index is -0.0861. The molecule has 0 saturated carbocycles. The first-order valence-electron chi connectivity index (χ1n) is 8.07. The normalized spacial score (nSPS) is 10.5. The van der Waals surface area contributed by atoms with Gasteiger partial charge in [-0.1, -0.05) is 35.5 Å². The highest BCUT2D eigenvalue weighted by Gasteiger charge is 2.10. The van der Waals surface area contributed by atoms with Crippen LogP contribution in [0.4, 0.5) is 11.4 Å². The van der Waals surface area contributed by atoms with E-state index in [0.29, 0.717) is 18.1 Å². The van der Waals surface area contributed by atoms with Crippen molar-refractivity contribution >= 4 is 17.3 Å². The molecule has 1 aromatic heterocycles. The van der Waals surface area contributed by atoms with Crippen molar-refractivity contribution in [3.8, 4) is 11.4 Å². The third-order valence-corrected chi connectivity index (χ3v) is 3.73. The molecule has 1 N–H and O–H groups in total. The Balaban J connectivity index is 1.53. The Morgan fingerprint density at radius 2 is 1.80 bits per heavy atom. The number of nitrogens with one attached hydrogen (secondary N) is 1. The van der Waals surface area contributed by atoms with Crippen LogP contribution in [0.15, 0.2) is 59.1 Å². The van der Waals surface area contributed by atoms with Gasteiger partial charge in [0, 0.05) is 43.9 Å². The molecule has 6 heteroatoms. The Bertz CT molecular complexity index is 826. The molecule has 0 unspecified atom stereocenters. The van der Waals surface area contributed by atoms with Gasteiger partial charge in [0.15, 0.2) is 0 Å². The van der Waals surface area contributed by atoms with Crippen LogP contribution in [-0.2, 0) is 11.2 Å². The molecule has 25 heavy (non-hydrogen) atoms. The summed E-state index contributed by atoms with van der Waals surface area (Å²) in [4.78, 5) is 18.4. The van der Waals surface area contributed by atoms with E-state index in [9.17, 15) is 4.79 Å². The fourth-order valence-electron chi connectivity index (χ4n) is 2.35. The number of aryl methyl sites for hydroxylation is 1. The summed E-state index contributed by atoms with van der Waals surface area (Å²) in [6.45, 7) is 0. The molecule has 0 fully saturated rings. The number of nitrogens with zero attached hydrogens (tertiary/aromatic N) is 3. The van der Waals surface area contributed by atoms with Crippen LogP contribution in [0, 0.1) is 0 Å². The maximum absolute atomic E-state index is 12.1. The molecule has 0 aliphatic rings. The lowest BCUT2D eigenvalue weighted by molar-refractivity contribution is -0.116. The van der Waals surface area contributed by atoms with Crippen molar-refractivity contribution in [1.82, 2.24) is 10.1 Å². The second kappa shape index (κ2) is 7.61. The Kier molecular flexibility index (Phi) is 5.09. The average molecular weight is 336 g/mol. The minimum absolute atomic E-state index is 0.0861. The van der Waals surface area contributed by atoms with Gasteiger partial charge in [-0.2, -0.15) is 4.98 Å². The molecule has 0 radical (unpaired) electrons. The van der Waals surface area contributed by atoms with Gasteiger partial charge >= 0.3 is 0 Å². The first-order chi connectivity index (χ1) is 12.1. The number of benzene rings is 2. The van der Waals surface area contributed by atoms with Gasteiger partial charge in [-0.3, -0.25) is 4.79 Å². The summed E-state index contributed by atoms with van der Waals surface area (Å²) >= 11 is 0. The molecule has 3 aromatic rings. The van der Waals surface area contributed by atoms with E-state index in [1.165, 1.54) is 0 Å². The van der Waals surface area contributed by atoms with Crippen molar-refractivity contribution in [1.29, 1.82) is 0 Å². The second-order valence-corrected chi connectivity index (χ2v) is 5.87. The van der Waals surface area contributed by atoms with E-state index in [1.54, 1.807) is 0 Å². The van der Waals surface area contributed by atoms with E-state index in [2.05, 4.69) is 15.5 Å². The van der Waals surface area contributed by atoms with E-state index in [4.69, 9.17) is 4.52 Å². The molecular weight excluding hydrogens is 316 g/mol. The zero-order valence-electron chi connectivity index (χ0n) is 14.3. The van der Waals surface area contributed by atoms with Gasteiger partial charge < -0.3 is 14.7 Å². The summed E-state index contributed by atoms with van der Waals surface area (Å²) in [5.41, 5.74) is 2.74. The van der Waals surface area contributed by atoms with Crippen molar-refractivity contribution in [2.45, 2.75) is 12.8 Å². The fraction of sp³-hybridized carbons (Fsp3) is 0.211.